The van der Waals surface area contributed by atoms with E-state index in [9.17, 15) is 5.11 Å². The Kier molecular flexibility index (Phi) is 2.39. The minimum absolute atomic E-state index is 0.164. The largest absolute Gasteiger partial charge is 0.507 e. The number of hydrogen-bond acceptors (Lipinski definition) is 4. The molecule has 0 unspecified atom stereocenters. The molecule has 0 atom stereocenters. The van der Waals surface area contributed by atoms with Crippen LogP contribution >= 0.6 is 15.9 Å². The van der Waals surface area contributed by atoms with E-state index >= 15 is 0 Å². The molecule has 0 fully saturated rings. The van der Waals surface area contributed by atoms with Gasteiger partial charge in [-0.15, -0.1) is 5.10 Å². The lowest BCUT2D eigenvalue weighted by Crippen LogP contribution is -2.10. The summed E-state index contributed by atoms with van der Waals surface area (Å²) in [7, 11) is 0. The molecule has 0 saturated heterocycles. The number of aromatic hydroxyl groups is 1. The Morgan fingerprint density at radius 1 is 1.50 bits per heavy atom. The predicted octanol–water partition coefficient (Wildman–Crippen LogP) is 0.858. The molecule has 0 saturated carbocycles. The summed E-state index contributed by atoms with van der Waals surface area (Å²) < 4.78 is 2.28. The maximum absolute atomic E-state index is 9.41. The van der Waals surface area contributed by atoms with Gasteiger partial charge in [-0.2, -0.15) is 0 Å². The maximum Gasteiger partial charge on any atom is 0.132 e. The number of benzene rings is 1. The smallest absolute Gasteiger partial charge is 0.132 e. The third-order valence-corrected chi connectivity index (χ3v) is 2.73. The Morgan fingerprint density at radius 3 is 3.00 bits per heavy atom. The molecule has 1 aromatic heterocycles. The topological polar surface area (TPSA) is 77.0 Å². The third kappa shape index (κ3) is 1.36. The van der Waals surface area contributed by atoms with Gasteiger partial charge in [-0.25, -0.2) is 4.68 Å². The first-order valence-electron chi connectivity index (χ1n) is 4.14. The zero-order valence-corrected chi connectivity index (χ0v) is 8.90. The van der Waals surface area contributed by atoms with Crippen molar-refractivity contribution in [2.45, 2.75) is 6.54 Å². The third-order valence-electron chi connectivity index (χ3n) is 1.95. The molecule has 0 bridgehead atoms. The van der Waals surface area contributed by atoms with Crippen LogP contribution in [-0.4, -0.2) is 26.6 Å². The van der Waals surface area contributed by atoms with Gasteiger partial charge >= 0.3 is 0 Å². The second kappa shape index (κ2) is 3.55. The van der Waals surface area contributed by atoms with E-state index in [1.807, 2.05) is 0 Å². The number of halogens is 1. The summed E-state index contributed by atoms with van der Waals surface area (Å²) in [4.78, 5) is 0. The number of rotatable bonds is 2. The Balaban J connectivity index is 2.64. The Hall–Kier alpha value is -1.14. The van der Waals surface area contributed by atoms with Crippen molar-refractivity contribution in [2.75, 3.05) is 6.54 Å². The lowest BCUT2D eigenvalue weighted by molar-refractivity contribution is 0.473. The van der Waals surface area contributed by atoms with Crippen LogP contribution in [0.2, 0.25) is 0 Å². The number of hydrogen-bond donors (Lipinski definition) is 2. The first kappa shape index (κ1) is 9.42. The van der Waals surface area contributed by atoms with E-state index in [1.165, 1.54) is 0 Å². The van der Waals surface area contributed by atoms with Gasteiger partial charge in [0, 0.05) is 6.54 Å². The highest BCUT2D eigenvalue weighted by Gasteiger charge is 2.09. The number of fused-ring (bicyclic) bond motifs is 1. The summed E-state index contributed by atoms with van der Waals surface area (Å²) in [5.41, 5.74) is 6.94. The van der Waals surface area contributed by atoms with Crippen LogP contribution in [0.5, 0.6) is 5.75 Å². The number of nitrogens with two attached hydrogens (primary N) is 1. The van der Waals surface area contributed by atoms with E-state index in [2.05, 4.69) is 26.2 Å². The van der Waals surface area contributed by atoms with E-state index in [4.69, 9.17) is 5.73 Å². The zero-order chi connectivity index (χ0) is 10.1. The van der Waals surface area contributed by atoms with Gasteiger partial charge in [0.05, 0.1) is 16.5 Å². The SMILES string of the molecule is NCCn1nnc2c(Br)c(O)ccc21. The summed E-state index contributed by atoms with van der Waals surface area (Å²) in [6.45, 7) is 1.13. The van der Waals surface area contributed by atoms with E-state index in [1.54, 1.807) is 16.8 Å². The van der Waals surface area contributed by atoms with Crippen LogP contribution in [0, 0.1) is 0 Å². The Bertz CT molecular complexity index is 468. The first-order valence-corrected chi connectivity index (χ1v) is 4.94. The zero-order valence-electron chi connectivity index (χ0n) is 7.31. The minimum Gasteiger partial charge on any atom is -0.507 e. The van der Waals surface area contributed by atoms with Crippen LogP contribution < -0.4 is 5.73 Å². The Morgan fingerprint density at radius 2 is 2.29 bits per heavy atom. The first-order chi connectivity index (χ1) is 6.74. The standard InChI is InChI=1S/C8H9BrN4O/c9-7-6(14)2-1-5-8(7)11-12-13(5)4-3-10/h1-2,14H,3-4,10H2. The molecule has 1 heterocycles. The van der Waals surface area contributed by atoms with Crippen molar-refractivity contribution < 1.29 is 5.11 Å². The number of aromatic nitrogens is 3. The van der Waals surface area contributed by atoms with Gasteiger partial charge in [-0.3, -0.25) is 0 Å². The van der Waals surface area contributed by atoms with Crippen molar-refractivity contribution in [1.82, 2.24) is 15.0 Å². The van der Waals surface area contributed by atoms with Crippen LogP contribution in [0.1, 0.15) is 0 Å². The van der Waals surface area contributed by atoms with Crippen molar-refractivity contribution in [3.8, 4) is 5.75 Å². The summed E-state index contributed by atoms with van der Waals surface area (Å²) in [6.07, 6.45) is 0. The quantitative estimate of drug-likeness (QED) is 0.836. The van der Waals surface area contributed by atoms with Crippen LogP contribution in [0.4, 0.5) is 0 Å². The number of phenolic OH excluding ortho intramolecular Hbond substituents is 1. The average molecular weight is 257 g/mol. The molecule has 0 aliphatic rings. The molecule has 0 aliphatic heterocycles. The molecular weight excluding hydrogens is 248 g/mol. The van der Waals surface area contributed by atoms with E-state index in [0.29, 0.717) is 23.1 Å². The summed E-state index contributed by atoms with van der Waals surface area (Å²) in [5.74, 6) is 0.164. The van der Waals surface area contributed by atoms with Gasteiger partial charge in [-0.05, 0) is 28.1 Å². The van der Waals surface area contributed by atoms with E-state index in [-0.39, 0.29) is 5.75 Å². The normalized spacial score (nSPS) is 11.0. The van der Waals surface area contributed by atoms with Gasteiger partial charge in [0.25, 0.3) is 0 Å². The molecule has 0 spiro atoms. The average Bonchev–Trinajstić information content (AvgIpc) is 2.57. The fourth-order valence-electron chi connectivity index (χ4n) is 1.28. The molecule has 6 heteroatoms. The van der Waals surface area contributed by atoms with Crippen molar-refractivity contribution in [3.05, 3.63) is 16.6 Å². The van der Waals surface area contributed by atoms with Gasteiger partial charge in [0.2, 0.25) is 0 Å². The van der Waals surface area contributed by atoms with Crippen LogP contribution in [0.3, 0.4) is 0 Å². The molecule has 74 valence electrons. The van der Waals surface area contributed by atoms with Crippen molar-refractivity contribution in [3.63, 3.8) is 0 Å². The maximum atomic E-state index is 9.41. The summed E-state index contributed by atoms with van der Waals surface area (Å²) >= 11 is 3.25. The van der Waals surface area contributed by atoms with Crippen LogP contribution in [0.15, 0.2) is 16.6 Å². The molecule has 2 aromatic rings. The lowest BCUT2D eigenvalue weighted by Gasteiger charge is -2.00. The van der Waals surface area contributed by atoms with Gasteiger partial charge in [-0.1, -0.05) is 5.21 Å². The lowest BCUT2D eigenvalue weighted by atomic mass is 10.3. The second-order valence-electron chi connectivity index (χ2n) is 2.87. The van der Waals surface area contributed by atoms with E-state index in [0.717, 1.165) is 5.52 Å². The highest BCUT2D eigenvalue weighted by atomic mass is 79.9. The van der Waals surface area contributed by atoms with Crippen molar-refractivity contribution >= 4 is 27.0 Å². The summed E-state index contributed by atoms with van der Waals surface area (Å²) in [5, 5.41) is 17.3. The fraction of sp³-hybridized carbons (Fsp3) is 0.250. The number of phenols is 1. The number of nitrogens with zero attached hydrogens (tertiary/aromatic N) is 3. The fourth-order valence-corrected chi connectivity index (χ4v) is 1.70. The van der Waals surface area contributed by atoms with Crippen LogP contribution in [-0.2, 0) is 6.54 Å². The molecule has 14 heavy (non-hydrogen) atoms. The molecule has 1 aromatic carbocycles. The van der Waals surface area contributed by atoms with Gasteiger partial charge in [0.1, 0.15) is 11.3 Å². The van der Waals surface area contributed by atoms with Crippen molar-refractivity contribution in [1.29, 1.82) is 0 Å². The molecule has 5 nitrogen and oxygen atoms in total. The molecule has 0 aliphatic carbocycles. The van der Waals surface area contributed by atoms with Gasteiger partial charge in [0.15, 0.2) is 0 Å². The molecule has 0 radical (unpaired) electrons. The molecule has 2 rings (SSSR count). The monoisotopic (exact) mass is 256 g/mol. The predicted molar refractivity (Wildman–Crippen MR) is 55.9 cm³/mol. The molecular formula is C8H9BrN4O. The van der Waals surface area contributed by atoms with Crippen LogP contribution in [0.25, 0.3) is 11.0 Å². The minimum atomic E-state index is 0.164. The summed E-state index contributed by atoms with van der Waals surface area (Å²) in [6, 6.07) is 3.37. The second-order valence-corrected chi connectivity index (χ2v) is 3.66. The Labute approximate surface area is 88.6 Å². The highest BCUT2D eigenvalue weighted by molar-refractivity contribution is 9.10. The highest BCUT2D eigenvalue weighted by Crippen LogP contribution is 2.30. The van der Waals surface area contributed by atoms with Crippen molar-refractivity contribution in [2.24, 2.45) is 5.73 Å². The molecule has 3 N–H and O–H groups in total. The molecule has 0 amide bonds. The van der Waals surface area contributed by atoms with E-state index < -0.39 is 0 Å². The van der Waals surface area contributed by atoms with Gasteiger partial charge < -0.3 is 10.8 Å².